The minimum atomic E-state index is -0.741. The number of nitrogens with zero attached hydrogens (tertiary/aromatic N) is 2. The maximum Gasteiger partial charge on any atom is 0.308 e. The number of fused-ring (bicyclic) bond motifs is 1. The molecule has 2 fully saturated rings. The molecule has 0 unspecified atom stereocenters. The van der Waals surface area contributed by atoms with E-state index in [1.807, 2.05) is 11.8 Å². The molecule has 1 saturated carbocycles. The summed E-state index contributed by atoms with van der Waals surface area (Å²) in [5.74, 6) is 0.169. The topological polar surface area (TPSA) is 88.7 Å². The number of likely N-dealkylation sites (tertiary alicyclic amines) is 1. The lowest BCUT2D eigenvalue weighted by Crippen LogP contribution is -2.45. The molecule has 1 aliphatic heterocycles. The summed E-state index contributed by atoms with van der Waals surface area (Å²) in [6.45, 7) is 2.45. The van der Waals surface area contributed by atoms with E-state index in [1.54, 1.807) is 25.3 Å². The molecule has 4 rings (SSSR count). The van der Waals surface area contributed by atoms with Crippen molar-refractivity contribution >= 4 is 28.6 Å². The second-order valence-corrected chi connectivity index (χ2v) is 10.7. The van der Waals surface area contributed by atoms with Gasteiger partial charge in [-0.15, -0.1) is 0 Å². The van der Waals surface area contributed by atoms with E-state index >= 15 is 0 Å². The van der Waals surface area contributed by atoms with Crippen LogP contribution in [0.1, 0.15) is 50.1 Å². The largest absolute Gasteiger partial charge is 0.497 e. The van der Waals surface area contributed by atoms with E-state index in [0.29, 0.717) is 41.6 Å². The predicted octanol–water partition coefficient (Wildman–Crippen LogP) is 4.47. The van der Waals surface area contributed by atoms with Crippen molar-refractivity contribution in [3.05, 3.63) is 35.8 Å². The molecule has 0 bridgehead atoms. The van der Waals surface area contributed by atoms with Crippen molar-refractivity contribution in [3.8, 4) is 5.75 Å². The molecule has 0 amide bonds. The van der Waals surface area contributed by atoms with Gasteiger partial charge in [0.05, 0.1) is 24.7 Å². The van der Waals surface area contributed by atoms with E-state index in [4.69, 9.17) is 10.5 Å². The van der Waals surface area contributed by atoms with E-state index in [9.17, 15) is 14.3 Å². The van der Waals surface area contributed by atoms with Crippen LogP contribution < -0.4 is 10.5 Å². The van der Waals surface area contributed by atoms with Crippen molar-refractivity contribution in [1.29, 1.82) is 0 Å². The normalized spacial score (nSPS) is 22.8. The number of piperidine rings is 1. The highest BCUT2D eigenvalue weighted by molar-refractivity contribution is 7.99. The van der Waals surface area contributed by atoms with Gasteiger partial charge in [-0.3, -0.25) is 9.78 Å². The van der Waals surface area contributed by atoms with Crippen LogP contribution in [0.15, 0.2) is 24.4 Å². The average Bonchev–Trinajstić information content (AvgIpc) is 2.78. The Morgan fingerprint density at radius 2 is 2.21 bits per heavy atom. The molecule has 3 atom stereocenters. The summed E-state index contributed by atoms with van der Waals surface area (Å²) in [5, 5.41) is 11.3. The van der Waals surface area contributed by atoms with Gasteiger partial charge in [0.25, 0.3) is 0 Å². The van der Waals surface area contributed by atoms with Gasteiger partial charge in [0, 0.05) is 41.1 Å². The first-order valence-corrected chi connectivity index (χ1v) is 13.0. The van der Waals surface area contributed by atoms with Gasteiger partial charge in [-0.1, -0.05) is 6.42 Å². The van der Waals surface area contributed by atoms with Crippen LogP contribution in [-0.4, -0.2) is 58.7 Å². The molecule has 2 aliphatic rings. The van der Waals surface area contributed by atoms with Crippen LogP contribution in [0, 0.1) is 17.7 Å². The summed E-state index contributed by atoms with van der Waals surface area (Å²) >= 11 is 2.03. The van der Waals surface area contributed by atoms with E-state index in [0.717, 1.165) is 30.5 Å². The van der Waals surface area contributed by atoms with Crippen LogP contribution in [0.5, 0.6) is 5.75 Å². The lowest BCUT2D eigenvalue weighted by atomic mass is 9.81. The van der Waals surface area contributed by atoms with Crippen molar-refractivity contribution in [2.45, 2.75) is 49.8 Å². The number of carboxylic acids is 1. The van der Waals surface area contributed by atoms with Crippen LogP contribution in [0.3, 0.4) is 0 Å². The van der Waals surface area contributed by atoms with Gasteiger partial charge in [-0.05, 0) is 62.8 Å². The number of carbonyl (C=O) groups is 1. The van der Waals surface area contributed by atoms with Gasteiger partial charge in [-0.2, -0.15) is 11.8 Å². The molecule has 3 N–H and O–H groups in total. The molecule has 1 aromatic heterocycles. The number of rotatable bonds is 10. The minimum absolute atomic E-state index is 0.0507. The van der Waals surface area contributed by atoms with Gasteiger partial charge < -0.3 is 20.5 Å². The van der Waals surface area contributed by atoms with Crippen molar-refractivity contribution in [1.82, 2.24) is 9.88 Å². The average molecular weight is 476 g/mol. The third-order valence-corrected chi connectivity index (χ3v) is 8.62. The molecule has 1 aliphatic carbocycles. The van der Waals surface area contributed by atoms with Crippen molar-refractivity contribution in [2.24, 2.45) is 17.6 Å². The van der Waals surface area contributed by atoms with Gasteiger partial charge >= 0.3 is 5.97 Å². The Balaban J connectivity index is 1.37. The van der Waals surface area contributed by atoms with Gasteiger partial charge in [0.15, 0.2) is 0 Å². The fourth-order valence-electron chi connectivity index (χ4n) is 4.99. The fraction of sp³-hybridized carbons (Fsp3) is 0.600. The number of aliphatic carboxylic acids is 1. The molecule has 0 radical (unpaired) electrons. The number of halogens is 1. The van der Waals surface area contributed by atoms with Gasteiger partial charge in [-0.25, -0.2) is 4.39 Å². The van der Waals surface area contributed by atoms with Crippen LogP contribution in [0.2, 0.25) is 0 Å². The first-order valence-electron chi connectivity index (χ1n) is 11.9. The van der Waals surface area contributed by atoms with Crippen LogP contribution >= 0.6 is 11.8 Å². The monoisotopic (exact) mass is 475 g/mol. The number of ether oxygens (including phenoxy) is 1. The highest BCUT2D eigenvalue weighted by Gasteiger charge is 2.34. The molecule has 0 spiro atoms. The van der Waals surface area contributed by atoms with Crippen molar-refractivity contribution < 1.29 is 19.0 Å². The zero-order chi connectivity index (χ0) is 23.4. The number of thioether (sulfide) groups is 1. The Kier molecular flexibility index (Phi) is 8.09. The zero-order valence-corrected chi connectivity index (χ0v) is 20.0. The summed E-state index contributed by atoms with van der Waals surface area (Å²) in [6, 6.07) is 4.82. The smallest absolute Gasteiger partial charge is 0.308 e. The second kappa shape index (κ2) is 11.0. The molecule has 6 nitrogen and oxygen atoms in total. The lowest BCUT2D eigenvalue weighted by Gasteiger charge is -2.37. The number of methoxy groups -OCH3 is 1. The zero-order valence-electron chi connectivity index (χ0n) is 19.2. The Bertz CT molecular complexity index is 971. The maximum atomic E-state index is 14.7. The van der Waals surface area contributed by atoms with Crippen molar-refractivity contribution in [3.63, 3.8) is 0 Å². The summed E-state index contributed by atoms with van der Waals surface area (Å²) in [6.07, 6.45) is 7.24. The lowest BCUT2D eigenvalue weighted by molar-refractivity contribution is -0.146. The van der Waals surface area contributed by atoms with Crippen LogP contribution in [0.25, 0.3) is 10.9 Å². The van der Waals surface area contributed by atoms with E-state index in [1.165, 1.54) is 25.5 Å². The fourth-order valence-corrected chi connectivity index (χ4v) is 6.36. The number of nitrogens with two attached hydrogens (primary N) is 1. The summed E-state index contributed by atoms with van der Waals surface area (Å²) in [7, 11) is 1.57. The Morgan fingerprint density at radius 1 is 1.39 bits per heavy atom. The molecular formula is C25H34FN3O3S. The highest BCUT2D eigenvalue weighted by atomic mass is 32.2. The quantitative estimate of drug-likeness (QED) is 0.524. The van der Waals surface area contributed by atoms with E-state index < -0.39 is 23.7 Å². The summed E-state index contributed by atoms with van der Waals surface area (Å²) < 4.78 is 20.0. The minimum Gasteiger partial charge on any atom is -0.497 e. The number of hydrogen-bond donors (Lipinski definition) is 2. The number of aromatic nitrogens is 1. The molecular weight excluding hydrogens is 441 g/mol. The van der Waals surface area contributed by atoms with Gasteiger partial charge in [0.1, 0.15) is 11.6 Å². The first-order chi connectivity index (χ1) is 16.0. The standard InChI is InChI=1S/C25H34FN3O3S/c1-32-17-6-8-23-19(13-17)24(21(26)14-28-23)22(27)7-5-16-9-10-29(15-20(16)25(30)31)11-12-33-18-3-2-4-18/h6,8,13-14,16,18,20,22H,2-5,7,9-12,15,27H2,1H3,(H,30,31)/t16-,20+,22-/m0/s1. The third-order valence-electron chi connectivity index (χ3n) is 7.26. The summed E-state index contributed by atoms with van der Waals surface area (Å²) in [4.78, 5) is 18.5. The molecule has 1 saturated heterocycles. The molecule has 8 heteroatoms. The Hall–Kier alpha value is -1.90. The SMILES string of the molecule is COc1ccc2ncc(F)c([C@@H](N)CC[C@H]3CCN(CCSC4CCC4)C[C@H]3C(=O)O)c2c1. The third kappa shape index (κ3) is 5.78. The maximum absolute atomic E-state index is 14.7. The first kappa shape index (κ1) is 24.2. The second-order valence-electron chi connectivity index (χ2n) is 9.30. The van der Waals surface area contributed by atoms with Gasteiger partial charge in [0.2, 0.25) is 0 Å². The predicted molar refractivity (Wildman–Crippen MR) is 130 cm³/mol. The molecule has 33 heavy (non-hydrogen) atoms. The number of benzene rings is 1. The molecule has 1 aromatic carbocycles. The Labute approximate surface area is 199 Å². The van der Waals surface area contributed by atoms with Crippen LogP contribution in [-0.2, 0) is 4.79 Å². The highest BCUT2D eigenvalue weighted by Crippen LogP contribution is 2.35. The van der Waals surface area contributed by atoms with E-state index in [2.05, 4.69) is 9.88 Å². The number of pyridine rings is 1. The van der Waals surface area contributed by atoms with Crippen LogP contribution in [0.4, 0.5) is 4.39 Å². The number of hydrogen-bond acceptors (Lipinski definition) is 6. The van der Waals surface area contributed by atoms with Crippen molar-refractivity contribution in [2.75, 3.05) is 32.5 Å². The summed E-state index contributed by atoms with van der Waals surface area (Å²) in [5.41, 5.74) is 7.56. The molecule has 180 valence electrons. The molecule has 2 heterocycles. The van der Waals surface area contributed by atoms with E-state index in [-0.39, 0.29) is 5.92 Å². The number of carboxylic acid groups (broad SMARTS) is 1. The molecule has 2 aromatic rings. The Morgan fingerprint density at radius 3 is 2.91 bits per heavy atom.